The molecule has 114 valence electrons. The Morgan fingerprint density at radius 2 is 2.19 bits per heavy atom. The molecule has 1 amide bonds. The summed E-state index contributed by atoms with van der Waals surface area (Å²) in [5.74, 6) is 0.918. The molecule has 0 fully saturated rings. The number of amides is 1. The number of carbonyl (C=O) groups is 1. The topological polar surface area (TPSA) is 51.3 Å². The Morgan fingerprint density at radius 1 is 1.48 bits per heavy atom. The van der Waals surface area contributed by atoms with Crippen LogP contribution < -0.4 is 0 Å². The number of hydrogen-bond donors (Lipinski definition) is 0. The van der Waals surface area contributed by atoms with E-state index in [0.717, 1.165) is 23.6 Å². The van der Waals surface area contributed by atoms with E-state index < -0.39 is 0 Å². The maximum Gasteiger partial charge on any atom is 0.223 e. The average molecular weight is 289 g/mol. The summed E-state index contributed by atoms with van der Waals surface area (Å²) < 4.78 is 7.23. The van der Waals surface area contributed by atoms with E-state index in [0.29, 0.717) is 6.42 Å². The highest BCUT2D eigenvalue weighted by Crippen LogP contribution is 2.21. The largest absolute Gasteiger partial charge is 0.467 e. The van der Waals surface area contributed by atoms with Crippen LogP contribution >= 0.6 is 0 Å². The minimum absolute atomic E-state index is 0.0522. The predicted molar refractivity (Wildman–Crippen MR) is 80.9 cm³/mol. The van der Waals surface area contributed by atoms with Crippen molar-refractivity contribution < 1.29 is 9.21 Å². The highest BCUT2D eigenvalue weighted by Gasteiger charge is 2.20. The first-order chi connectivity index (χ1) is 9.91. The van der Waals surface area contributed by atoms with Crippen LogP contribution in [0.5, 0.6) is 0 Å². The summed E-state index contributed by atoms with van der Waals surface area (Å²) in [5, 5.41) is 4.39. The van der Waals surface area contributed by atoms with E-state index in [1.165, 1.54) is 5.56 Å². The Labute approximate surface area is 125 Å². The van der Waals surface area contributed by atoms with Gasteiger partial charge in [0.1, 0.15) is 5.76 Å². The summed E-state index contributed by atoms with van der Waals surface area (Å²) in [4.78, 5) is 14.1. The number of aryl methyl sites for hydroxylation is 2. The highest BCUT2D eigenvalue weighted by molar-refractivity contribution is 5.76. The van der Waals surface area contributed by atoms with Gasteiger partial charge in [0, 0.05) is 26.2 Å². The zero-order valence-electron chi connectivity index (χ0n) is 13.4. The molecule has 0 aliphatic heterocycles. The Hall–Kier alpha value is -2.04. The standard InChI is InChI=1S/C16H23N3O2/c1-11-14(12(2)19(5)17-11)8-9-16(20)18(4)13(3)15-7-6-10-21-15/h6-7,10,13H,8-9H2,1-5H3/t13-/m1/s1. The van der Waals surface area contributed by atoms with Crippen LogP contribution in [0.25, 0.3) is 0 Å². The van der Waals surface area contributed by atoms with E-state index in [4.69, 9.17) is 4.42 Å². The van der Waals surface area contributed by atoms with Gasteiger partial charge in [0.25, 0.3) is 0 Å². The highest BCUT2D eigenvalue weighted by atomic mass is 16.3. The Bertz CT molecular complexity index is 614. The molecule has 0 spiro atoms. The second-order valence-electron chi connectivity index (χ2n) is 5.47. The molecule has 2 rings (SSSR count). The zero-order chi connectivity index (χ0) is 15.6. The van der Waals surface area contributed by atoms with Crippen LogP contribution in [-0.2, 0) is 18.3 Å². The number of nitrogens with zero attached hydrogens (tertiary/aromatic N) is 3. The van der Waals surface area contributed by atoms with E-state index >= 15 is 0 Å². The lowest BCUT2D eigenvalue weighted by atomic mass is 10.1. The maximum absolute atomic E-state index is 12.3. The molecule has 0 saturated carbocycles. The monoisotopic (exact) mass is 289 g/mol. The molecular formula is C16H23N3O2. The van der Waals surface area contributed by atoms with E-state index in [2.05, 4.69) is 5.10 Å². The van der Waals surface area contributed by atoms with Crippen molar-refractivity contribution in [3.63, 3.8) is 0 Å². The van der Waals surface area contributed by atoms with Crippen molar-refractivity contribution >= 4 is 5.91 Å². The second kappa shape index (κ2) is 6.16. The third-order valence-corrected chi connectivity index (χ3v) is 4.18. The average Bonchev–Trinajstić information content (AvgIpc) is 3.06. The van der Waals surface area contributed by atoms with Crippen LogP contribution in [0.3, 0.4) is 0 Å². The van der Waals surface area contributed by atoms with Gasteiger partial charge in [-0.3, -0.25) is 9.48 Å². The quantitative estimate of drug-likeness (QED) is 0.850. The van der Waals surface area contributed by atoms with E-state index in [1.54, 1.807) is 11.2 Å². The van der Waals surface area contributed by atoms with Crippen molar-refractivity contribution in [3.05, 3.63) is 41.1 Å². The first kappa shape index (κ1) is 15.4. The van der Waals surface area contributed by atoms with Gasteiger partial charge in [0.15, 0.2) is 0 Å². The molecule has 0 unspecified atom stereocenters. The molecule has 5 heteroatoms. The van der Waals surface area contributed by atoms with Crippen molar-refractivity contribution in [2.75, 3.05) is 7.05 Å². The Kier molecular flexibility index (Phi) is 4.50. The molecule has 21 heavy (non-hydrogen) atoms. The van der Waals surface area contributed by atoms with Crippen molar-refractivity contribution in [1.29, 1.82) is 0 Å². The smallest absolute Gasteiger partial charge is 0.223 e. The number of rotatable bonds is 5. The minimum atomic E-state index is -0.0522. The maximum atomic E-state index is 12.3. The van der Waals surface area contributed by atoms with E-state index in [1.807, 2.05) is 51.7 Å². The summed E-state index contributed by atoms with van der Waals surface area (Å²) >= 11 is 0. The van der Waals surface area contributed by atoms with Gasteiger partial charge in [0.05, 0.1) is 18.0 Å². The van der Waals surface area contributed by atoms with Crippen LogP contribution in [-0.4, -0.2) is 27.6 Å². The first-order valence-corrected chi connectivity index (χ1v) is 7.20. The van der Waals surface area contributed by atoms with Crippen molar-refractivity contribution in [1.82, 2.24) is 14.7 Å². The Balaban J connectivity index is 1.98. The molecule has 5 nitrogen and oxygen atoms in total. The molecule has 1 atom stereocenters. The molecule has 0 radical (unpaired) electrons. The van der Waals surface area contributed by atoms with Gasteiger partial charge in [-0.1, -0.05) is 0 Å². The normalized spacial score (nSPS) is 12.4. The van der Waals surface area contributed by atoms with Gasteiger partial charge < -0.3 is 9.32 Å². The summed E-state index contributed by atoms with van der Waals surface area (Å²) in [6.45, 7) is 5.99. The van der Waals surface area contributed by atoms with E-state index in [-0.39, 0.29) is 11.9 Å². The Morgan fingerprint density at radius 3 is 2.71 bits per heavy atom. The van der Waals surface area contributed by atoms with Gasteiger partial charge in [-0.25, -0.2) is 0 Å². The zero-order valence-corrected chi connectivity index (χ0v) is 13.4. The van der Waals surface area contributed by atoms with Crippen LogP contribution in [0, 0.1) is 13.8 Å². The third kappa shape index (κ3) is 3.17. The third-order valence-electron chi connectivity index (χ3n) is 4.18. The summed E-state index contributed by atoms with van der Waals surface area (Å²) in [6, 6.07) is 3.68. The predicted octanol–water partition coefficient (Wildman–Crippen LogP) is 2.78. The van der Waals surface area contributed by atoms with Gasteiger partial charge in [-0.2, -0.15) is 5.10 Å². The summed E-state index contributed by atoms with van der Waals surface area (Å²) in [7, 11) is 3.75. The van der Waals surface area contributed by atoms with Crippen LogP contribution in [0.4, 0.5) is 0 Å². The summed E-state index contributed by atoms with van der Waals surface area (Å²) in [5.41, 5.74) is 3.30. The van der Waals surface area contributed by atoms with Gasteiger partial charge in [-0.15, -0.1) is 0 Å². The van der Waals surface area contributed by atoms with Crippen molar-refractivity contribution in [2.24, 2.45) is 7.05 Å². The van der Waals surface area contributed by atoms with Crippen molar-refractivity contribution in [2.45, 2.75) is 39.7 Å². The molecule has 0 aliphatic carbocycles. The lowest BCUT2D eigenvalue weighted by Crippen LogP contribution is -2.29. The molecule has 2 aromatic heterocycles. The number of furan rings is 1. The molecule has 0 aliphatic rings. The fourth-order valence-electron chi connectivity index (χ4n) is 2.52. The molecule has 0 saturated heterocycles. The molecule has 2 heterocycles. The minimum Gasteiger partial charge on any atom is -0.467 e. The molecule has 0 aromatic carbocycles. The van der Waals surface area contributed by atoms with Crippen LogP contribution in [0.2, 0.25) is 0 Å². The lowest BCUT2D eigenvalue weighted by molar-refractivity contribution is -0.132. The van der Waals surface area contributed by atoms with Gasteiger partial charge >= 0.3 is 0 Å². The number of aromatic nitrogens is 2. The second-order valence-corrected chi connectivity index (χ2v) is 5.47. The molecule has 0 bridgehead atoms. The van der Waals surface area contributed by atoms with Gasteiger partial charge in [-0.05, 0) is 44.9 Å². The molecular weight excluding hydrogens is 266 g/mol. The summed E-state index contributed by atoms with van der Waals surface area (Å²) in [6.07, 6.45) is 2.83. The van der Waals surface area contributed by atoms with E-state index in [9.17, 15) is 4.79 Å². The number of carbonyl (C=O) groups excluding carboxylic acids is 1. The SMILES string of the molecule is Cc1nn(C)c(C)c1CCC(=O)N(C)[C@H](C)c1ccco1. The number of hydrogen-bond acceptors (Lipinski definition) is 3. The van der Waals surface area contributed by atoms with Crippen molar-refractivity contribution in [3.8, 4) is 0 Å². The van der Waals surface area contributed by atoms with Crippen LogP contribution in [0.15, 0.2) is 22.8 Å². The first-order valence-electron chi connectivity index (χ1n) is 7.20. The molecule has 2 aromatic rings. The fourth-order valence-corrected chi connectivity index (χ4v) is 2.52. The fraction of sp³-hybridized carbons (Fsp3) is 0.500. The lowest BCUT2D eigenvalue weighted by Gasteiger charge is -2.23. The van der Waals surface area contributed by atoms with Crippen LogP contribution in [0.1, 0.15) is 42.1 Å². The van der Waals surface area contributed by atoms with Gasteiger partial charge in [0.2, 0.25) is 5.91 Å². The molecule has 0 N–H and O–H groups in total.